The van der Waals surface area contributed by atoms with Gasteiger partial charge in [0.05, 0.1) is 0 Å². The molecule has 0 unspecified atom stereocenters. The van der Waals surface area contributed by atoms with Gasteiger partial charge in [-0.25, -0.2) is 0 Å². The summed E-state index contributed by atoms with van der Waals surface area (Å²) < 4.78 is 0. The highest BCUT2D eigenvalue weighted by Gasteiger charge is 2.03. The molecule has 0 aromatic heterocycles. The second-order valence-corrected chi connectivity index (χ2v) is 3.87. The van der Waals surface area contributed by atoms with E-state index in [0.717, 1.165) is 17.5 Å². The van der Waals surface area contributed by atoms with E-state index in [4.69, 9.17) is 5.26 Å². The fourth-order valence-electron chi connectivity index (χ4n) is 0.653. The summed E-state index contributed by atoms with van der Waals surface area (Å²) in [5.41, 5.74) is 0. The lowest BCUT2D eigenvalue weighted by Gasteiger charge is -2.17. The van der Waals surface area contributed by atoms with E-state index in [1.165, 1.54) is 11.8 Å². The molecule has 0 saturated carbocycles. The quantitative estimate of drug-likeness (QED) is 0.396. The third-order valence-electron chi connectivity index (χ3n) is 1.29. The van der Waals surface area contributed by atoms with Gasteiger partial charge in [0.1, 0.15) is 0 Å². The van der Waals surface area contributed by atoms with E-state index in [1.807, 2.05) is 18.2 Å². The minimum absolute atomic E-state index is 0.784. The number of aliphatic imine (C=N–C) groups is 1. The molecule has 0 aromatic carbocycles. The van der Waals surface area contributed by atoms with Crippen LogP contribution < -0.4 is 0 Å². The van der Waals surface area contributed by atoms with Gasteiger partial charge in [-0.15, -0.1) is 4.99 Å². The highest BCUT2D eigenvalue weighted by molar-refractivity contribution is 8.13. The van der Waals surface area contributed by atoms with Crippen molar-refractivity contribution in [3.8, 4) is 6.19 Å². The lowest BCUT2D eigenvalue weighted by molar-refractivity contribution is 0.551. The summed E-state index contributed by atoms with van der Waals surface area (Å²) in [6.45, 7) is 0.933. The van der Waals surface area contributed by atoms with Gasteiger partial charge in [-0.3, -0.25) is 0 Å². The molecule has 3 nitrogen and oxygen atoms in total. The molecule has 0 radical (unpaired) electrons. The van der Waals surface area contributed by atoms with Crippen molar-refractivity contribution in [1.82, 2.24) is 4.90 Å². The van der Waals surface area contributed by atoms with E-state index in [1.54, 1.807) is 18.0 Å². The fourth-order valence-corrected chi connectivity index (χ4v) is 1.64. The van der Waals surface area contributed by atoms with Crippen LogP contribution in [0.3, 0.4) is 0 Å². The van der Waals surface area contributed by atoms with E-state index < -0.39 is 0 Å². The van der Waals surface area contributed by atoms with Crippen LogP contribution >= 0.6 is 23.5 Å². The molecule has 0 aromatic rings. The van der Waals surface area contributed by atoms with Crippen LogP contribution in [-0.4, -0.2) is 41.9 Å². The summed E-state index contributed by atoms with van der Waals surface area (Å²) in [7, 11) is 1.95. The maximum absolute atomic E-state index is 8.36. The molecular weight excluding hydrogens is 190 g/mol. The van der Waals surface area contributed by atoms with Crippen molar-refractivity contribution >= 4 is 28.7 Å². The molecule has 0 aliphatic heterocycles. The van der Waals surface area contributed by atoms with Gasteiger partial charge in [0, 0.05) is 19.3 Å². The Morgan fingerprint density at radius 3 is 2.67 bits per heavy atom. The minimum atomic E-state index is 0.784. The fraction of sp³-hybridized carbons (Fsp3) is 0.714. The lowest BCUT2D eigenvalue weighted by Crippen LogP contribution is -2.26. The van der Waals surface area contributed by atoms with Crippen LogP contribution in [0.1, 0.15) is 0 Å². The standard InChI is InChI=1S/C7H13N3S2/c1-10(4-5-11-2)7(12-3)9-6-8/h4-5H2,1-3H3. The summed E-state index contributed by atoms with van der Waals surface area (Å²) in [4.78, 5) is 5.69. The van der Waals surface area contributed by atoms with E-state index in [-0.39, 0.29) is 0 Å². The zero-order valence-corrected chi connectivity index (χ0v) is 9.21. The Kier molecular flexibility index (Phi) is 7.11. The molecule has 0 bridgehead atoms. The van der Waals surface area contributed by atoms with Gasteiger partial charge < -0.3 is 4.90 Å². The Morgan fingerprint density at radius 1 is 1.58 bits per heavy atom. The number of nitrogens with zero attached hydrogens (tertiary/aromatic N) is 3. The summed E-state index contributed by atoms with van der Waals surface area (Å²) in [6.07, 6.45) is 5.78. The van der Waals surface area contributed by atoms with Crippen molar-refractivity contribution in [2.24, 2.45) is 4.99 Å². The average molecular weight is 203 g/mol. The van der Waals surface area contributed by atoms with Gasteiger partial charge in [-0.1, -0.05) is 11.8 Å². The average Bonchev–Trinajstić information content (AvgIpc) is 2.10. The SMILES string of the molecule is CSCCN(C)C(=NC#N)SC. The second-order valence-electron chi connectivity index (χ2n) is 2.11. The molecule has 0 fully saturated rings. The summed E-state index contributed by atoms with van der Waals surface area (Å²) >= 11 is 3.28. The molecule has 0 N–H and O–H groups in total. The molecule has 5 heteroatoms. The van der Waals surface area contributed by atoms with E-state index >= 15 is 0 Å². The molecule has 0 saturated heterocycles. The molecule has 0 spiro atoms. The van der Waals surface area contributed by atoms with Crippen LogP contribution in [0.25, 0.3) is 0 Å². The third kappa shape index (κ3) is 4.52. The largest absolute Gasteiger partial charge is 0.353 e. The van der Waals surface area contributed by atoms with E-state index in [9.17, 15) is 0 Å². The molecule has 0 atom stereocenters. The Morgan fingerprint density at radius 2 is 2.25 bits per heavy atom. The summed E-state index contributed by atoms with van der Waals surface area (Å²) in [5.74, 6) is 1.06. The van der Waals surface area contributed by atoms with Gasteiger partial charge in [0.15, 0.2) is 5.17 Å². The maximum atomic E-state index is 8.36. The highest BCUT2D eigenvalue weighted by atomic mass is 32.2. The van der Waals surface area contributed by atoms with Crippen molar-refractivity contribution in [3.05, 3.63) is 0 Å². The summed E-state index contributed by atoms with van der Waals surface area (Å²) in [6, 6.07) is 0. The van der Waals surface area contributed by atoms with E-state index in [0.29, 0.717) is 0 Å². The molecule has 0 aliphatic rings. The number of nitriles is 1. The van der Waals surface area contributed by atoms with Crippen LogP contribution in [0.15, 0.2) is 4.99 Å². The van der Waals surface area contributed by atoms with Gasteiger partial charge in [-0.2, -0.15) is 17.0 Å². The van der Waals surface area contributed by atoms with Crippen LogP contribution in [0, 0.1) is 11.5 Å². The zero-order valence-electron chi connectivity index (χ0n) is 7.57. The van der Waals surface area contributed by atoms with Crippen LogP contribution in [0.2, 0.25) is 0 Å². The monoisotopic (exact) mass is 203 g/mol. The van der Waals surface area contributed by atoms with Gasteiger partial charge in [-0.05, 0) is 12.5 Å². The number of hydrogen-bond donors (Lipinski definition) is 0. The predicted octanol–water partition coefficient (Wildman–Crippen LogP) is 1.48. The molecule has 12 heavy (non-hydrogen) atoms. The zero-order chi connectivity index (χ0) is 9.40. The first-order chi connectivity index (χ1) is 5.76. The molecule has 68 valence electrons. The van der Waals surface area contributed by atoms with Crippen LogP contribution in [0.4, 0.5) is 0 Å². The first-order valence-corrected chi connectivity index (χ1v) is 6.09. The molecule has 0 amide bonds. The number of rotatable bonds is 3. The normalized spacial score (nSPS) is 11.0. The second kappa shape index (κ2) is 7.32. The predicted molar refractivity (Wildman–Crippen MR) is 57.6 cm³/mol. The van der Waals surface area contributed by atoms with Crippen molar-refractivity contribution in [2.75, 3.05) is 31.9 Å². The number of thioether (sulfide) groups is 2. The van der Waals surface area contributed by atoms with Gasteiger partial charge >= 0.3 is 0 Å². The minimum Gasteiger partial charge on any atom is -0.353 e. The number of amidine groups is 1. The number of hydrogen-bond acceptors (Lipinski definition) is 4. The first-order valence-electron chi connectivity index (χ1n) is 3.47. The Balaban J connectivity index is 3.96. The third-order valence-corrected chi connectivity index (χ3v) is 2.64. The van der Waals surface area contributed by atoms with Crippen molar-refractivity contribution in [1.29, 1.82) is 5.26 Å². The van der Waals surface area contributed by atoms with E-state index in [2.05, 4.69) is 11.2 Å². The summed E-state index contributed by atoms with van der Waals surface area (Å²) in [5, 5.41) is 9.14. The van der Waals surface area contributed by atoms with Crippen molar-refractivity contribution < 1.29 is 0 Å². The first kappa shape index (κ1) is 11.7. The van der Waals surface area contributed by atoms with Crippen molar-refractivity contribution in [2.45, 2.75) is 0 Å². The molecule has 0 heterocycles. The topological polar surface area (TPSA) is 39.4 Å². The Labute approximate surface area is 82.2 Å². The molecule has 0 rings (SSSR count). The van der Waals surface area contributed by atoms with Crippen molar-refractivity contribution in [3.63, 3.8) is 0 Å². The molecular formula is C7H13N3S2. The van der Waals surface area contributed by atoms with Gasteiger partial charge in [0.2, 0.25) is 6.19 Å². The lowest BCUT2D eigenvalue weighted by atomic mass is 10.7. The Bertz CT molecular complexity index is 186. The van der Waals surface area contributed by atoms with Crippen LogP contribution in [0.5, 0.6) is 0 Å². The van der Waals surface area contributed by atoms with Crippen LogP contribution in [-0.2, 0) is 0 Å². The maximum Gasteiger partial charge on any atom is 0.208 e. The smallest absolute Gasteiger partial charge is 0.208 e. The van der Waals surface area contributed by atoms with Gasteiger partial charge in [0.25, 0.3) is 0 Å². The molecule has 0 aliphatic carbocycles. The Hall–Kier alpha value is -0.340. The highest BCUT2D eigenvalue weighted by Crippen LogP contribution is 2.04.